The van der Waals surface area contributed by atoms with Crippen molar-refractivity contribution in [1.82, 2.24) is 4.90 Å². The molecule has 4 nitrogen and oxygen atoms in total. The molecule has 1 aliphatic rings. The Morgan fingerprint density at radius 2 is 0.895 bits per heavy atom. The number of aliphatic imine (C=N–C) groups is 1. The van der Waals surface area contributed by atoms with Crippen molar-refractivity contribution < 1.29 is 8.83 Å². The van der Waals surface area contributed by atoms with E-state index in [4.69, 9.17) is 13.8 Å². The molecule has 0 N–H and O–H groups in total. The van der Waals surface area contributed by atoms with Crippen LogP contribution in [0.3, 0.4) is 0 Å². The molecule has 270 valence electrons. The predicted octanol–water partition coefficient (Wildman–Crippen LogP) is 14.0. The summed E-state index contributed by atoms with van der Waals surface area (Å²) in [5, 5.41) is 4.42. The highest BCUT2D eigenvalue weighted by Crippen LogP contribution is 2.40. The maximum Gasteiger partial charge on any atom is 0.147 e. The van der Waals surface area contributed by atoms with Gasteiger partial charge in [0.25, 0.3) is 0 Å². The van der Waals surface area contributed by atoms with Crippen LogP contribution in [-0.4, -0.2) is 17.7 Å². The van der Waals surface area contributed by atoms with Crippen molar-refractivity contribution in [2.45, 2.75) is 6.17 Å². The van der Waals surface area contributed by atoms with Gasteiger partial charge in [-0.25, -0.2) is 0 Å². The zero-order chi connectivity index (χ0) is 37.9. The van der Waals surface area contributed by atoms with Crippen molar-refractivity contribution in [3.05, 3.63) is 211 Å². The molecule has 0 bridgehead atoms. The van der Waals surface area contributed by atoms with Crippen molar-refractivity contribution in [3.8, 4) is 33.4 Å². The van der Waals surface area contributed by atoms with E-state index in [-0.39, 0.29) is 6.17 Å². The Labute approximate surface area is 330 Å². The van der Waals surface area contributed by atoms with Gasteiger partial charge in [0.1, 0.15) is 28.5 Å². The second-order valence-corrected chi connectivity index (χ2v) is 14.8. The molecule has 0 saturated heterocycles. The van der Waals surface area contributed by atoms with Crippen LogP contribution in [-0.2, 0) is 0 Å². The van der Waals surface area contributed by atoms with Crippen LogP contribution < -0.4 is 0 Å². The summed E-state index contributed by atoms with van der Waals surface area (Å²) < 4.78 is 12.5. The van der Waals surface area contributed by atoms with Crippen LogP contribution in [0, 0.1) is 0 Å². The standard InChI is InChI=1S/C53H36N2O2/c1-55-48(36-22-20-35(21-23-36)34-12-4-2-5-13-34)33-47(54-53(55)37-14-6-3-7-15-37)44-30-38(39-25-28-51-45(31-39)42-16-8-10-18-49(42)56-51)24-27-41(44)40-26-29-52-46(32-40)43-17-9-11-19-50(43)57-52/h2-33,53H,1H3. The number of benzene rings is 8. The van der Waals surface area contributed by atoms with Gasteiger partial charge < -0.3 is 13.7 Å². The molecule has 1 unspecified atom stereocenters. The number of hydrogen-bond donors (Lipinski definition) is 0. The van der Waals surface area contributed by atoms with Gasteiger partial charge in [0.05, 0.1) is 5.71 Å². The maximum atomic E-state index is 6.25. The number of nitrogens with zero attached hydrogens (tertiary/aromatic N) is 2. The fourth-order valence-electron chi connectivity index (χ4n) is 8.43. The topological polar surface area (TPSA) is 41.9 Å². The van der Waals surface area contributed by atoms with Gasteiger partial charge in [-0.1, -0.05) is 146 Å². The Morgan fingerprint density at radius 1 is 0.404 bits per heavy atom. The van der Waals surface area contributed by atoms with Crippen molar-refractivity contribution in [2.75, 3.05) is 7.05 Å². The summed E-state index contributed by atoms with van der Waals surface area (Å²) >= 11 is 0. The third kappa shape index (κ3) is 5.73. The fraction of sp³-hybridized carbons (Fsp3) is 0.0377. The molecule has 0 amide bonds. The van der Waals surface area contributed by atoms with Gasteiger partial charge >= 0.3 is 0 Å². The molecule has 1 atom stereocenters. The zero-order valence-corrected chi connectivity index (χ0v) is 31.3. The quantitative estimate of drug-likeness (QED) is 0.171. The lowest BCUT2D eigenvalue weighted by Gasteiger charge is -2.34. The van der Waals surface area contributed by atoms with E-state index in [1.165, 1.54) is 11.1 Å². The Kier molecular flexibility index (Phi) is 7.75. The molecule has 8 aromatic carbocycles. The van der Waals surface area contributed by atoms with Crippen LogP contribution in [0.2, 0.25) is 0 Å². The first-order valence-corrected chi connectivity index (χ1v) is 19.4. The average molecular weight is 733 g/mol. The molecule has 57 heavy (non-hydrogen) atoms. The first kappa shape index (κ1) is 33.0. The minimum atomic E-state index is -0.236. The van der Waals surface area contributed by atoms with E-state index in [1.807, 2.05) is 24.3 Å². The van der Waals surface area contributed by atoms with E-state index in [0.717, 1.165) is 94.2 Å². The van der Waals surface area contributed by atoms with Gasteiger partial charge in [0, 0.05) is 39.9 Å². The summed E-state index contributed by atoms with van der Waals surface area (Å²) in [7, 11) is 2.15. The molecule has 0 saturated carbocycles. The van der Waals surface area contributed by atoms with Crippen molar-refractivity contribution in [2.24, 2.45) is 4.99 Å². The summed E-state index contributed by atoms with van der Waals surface area (Å²) in [6.07, 6.45) is 2.03. The molecule has 11 rings (SSSR count). The first-order chi connectivity index (χ1) is 28.1. The maximum absolute atomic E-state index is 6.25. The van der Waals surface area contributed by atoms with E-state index >= 15 is 0 Å². The van der Waals surface area contributed by atoms with E-state index in [1.54, 1.807) is 0 Å². The lowest BCUT2D eigenvalue weighted by atomic mass is 9.90. The molecule has 3 heterocycles. The highest BCUT2D eigenvalue weighted by Gasteiger charge is 2.27. The molecule has 10 aromatic rings. The highest BCUT2D eigenvalue weighted by molar-refractivity contribution is 6.17. The number of para-hydroxylation sites is 2. The highest BCUT2D eigenvalue weighted by atomic mass is 16.3. The Balaban J connectivity index is 1.12. The van der Waals surface area contributed by atoms with Crippen LogP contribution >= 0.6 is 0 Å². The van der Waals surface area contributed by atoms with Crippen LogP contribution in [0.4, 0.5) is 0 Å². The summed E-state index contributed by atoms with van der Waals surface area (Å²) in [4.78, 5) is 7.88. The molecular formula is C53H36N2O2. The lowest BCUT2D eigenvalue weighted by molar-refractivity contribution is 0.364. The SMILES string of the molecule is CN1C(c2ccc(-c3ccccc3)cc2)=CC(c2cc(-c3ccc4oc5ccccc5c4c3)ccc2-c2ccc3oc4ccccc4c3c2)=NC1c1ccccc1. The molecule has 4 heteroatoms. The van der Waals surface area contributed by atoms with Gasteiger partial charge in [-0.3, -0.25) is 4.99 Å². The number of hydrogen-bond acceptors (Lipinski definition) is 4. The van der Waals surface area contributed by atoms with Crippen molar-refractivity contribution in [3.63, 3.8) is 0 Å². The summed E-state index contributed by atoms with van der Waals surface area (Å²) in [5.41, 5.74) is 15.7. The Morgan fingerprint density at radius 3 is 1.58 bits per heavy atom. The number of rotatable bonds is 6. The smallest absolute Gasteiger partial charge is 0.147 e. The third-order valence-electron chi connectivity index (χ3n) is 11.4. The van der Waals surface area contributed by atoms with E-state index < -0.39 is 0 Å². The minimum absolute atomic E-state index is 0.236. The van der Waals surface area contributed by atoms with E-state index in [9.17, 15) is 0 Å². The largest absolute Gasteiger partial charge is 0.456 e. The van der Waals surface area contributed by atoms with Crippen molar-refractivity contribution >= 4 is 55.3 Å². The second kappa shape index (κ2) is 13.4. The van der Waals surface area contributed by atoms with Crippen LogP contribution in [0.1, 0.15) is 22.9 Å². The van der Waals surface area contributed by atoms with Gasteiger partial charge in [-0.15, -0.1) is 0 Å². The predicted molar refractivity (Wildman–Crippen MR) is 235 cm³/mol. The zero-order valence-electron chi connectivity index (χ0n) is 31.3. The third-order valence-corrected chi connectivity index (χ3v) is 11.4. The molecule has 0 radical (unpaired) electrons. The average Bonchev–Trinajstić information content (AvgIpc) is 3.85. The molecular weight excluding hydrogens is 697 g/mol. The lowest BCUT2D eigenvalue weighted by Crippen LogP contribution is -2.27. The fourth-order valence-corrected chi connectivity index (χ4v) is 8.43. The van der Waals surface area contributed by atoms with Crippen LogP contribution in [0.5, 0.6) is 0 Å². The number of fused-ring (bicyclic) bond motifs is 6. The Bertz CT molecular complexity index is 3190. The Hall–Kier alpha value is -7.43. The number of furan rings is 2. The molecule has 0 fully saturated rings. The second-order valence-electron chi connectivity index (χ2n) is 14.8. The summed E-state index contributed by atoms with van der Waals surface area (Å²) in [5.74, 6) is 0. The van der Waals surface area contributed by atoms with Gasteiger partial charge in [0.2, 0.25) is 0 Å². The first-order valence-electron chi connectivity index (χ1n) is 19.4. The van der Waals surface area contributed by atoms with Gasteiger partial charge in [-0.2, -0.15) is 0 Å². The number of allylic oxidation sites excluding steroid dienone is 1. The molecule has 0 spiro atoms. The summed E-state index contributed by atoms with van der Waals surface area (Å²) in [6.45, 7) is 0. The molecule has 1 aliphatic heterocycles. The minimum Gasteiger partial charge on any atom is -0.456 e. The van der Waals surface area contributed by atoms with Crippen LogP contribution in [0.15, 0.2) is 208 Å². The van der Waals surface area contributed by atoms with Gasteiger partial charge in [0.15, 0.2) is 0 Å². The van der Waals surface area contributed by atoms with Gasteiger partial charge in [-0.05, 0) is 93.0 Å². The monoisotopic (exact) mass is 732 g/mol. The van der Waals surface area contributed by atoms with Crippen molar-refractivity contribution in [1.29, 1.82) is 0 Å². The van der Waals surface area contributed by atoms with Crippen LogP contribution in [0.25, 0.3) is 83.0 Å². The molecule has 2 aromatic heterocycles. The summed E-state index contributed by atoms with van der Waals surface area (Å²) in [6, 6.07) is 66.4. The van der Waals surface area contributed by atoms with E-state index in [0.29, 0.717) is 0 Å². The molecule has 0 aliphatic carbocycles. The normalized spacial score (nSPS) is 14.4. The van der Waals surface area contributed by atoms with E-state index in [2.05, 4.69) is 182 Å².